The lowest BCUT2D eigenvalue weighted by Gasteiger charge is -2.38. The molecule has 0 aliphatic heterocycles. The van der Waals surface area contributed by atoms with Gasteiger partial charge in [0.15, 0.2) is 0 Å². The van der Waals surface area contributed by atoms with Crippen LogP contribution >= 0.6 is 19.7 Å². The molecule has 0 saturated heterocycles. The quantitative estimate of drug-likeness (QED) is 0.360. The normalized spacial score (nSPS) is 16.0. The Kier molecular flexibility index (Phi) is 8.03. The minimum absolute atomic E-state index is 0.227. The summed E-state index contributed by atoms with van der Waals surface area (Å²) in [6, 6.07) is 32.3. The zero-order valence-corrected chi connectivity index (χ0v) is 20.3. The lowest BCUT2D eigenvalue weighted by atomic mass is 9.83. The number of aliphatic hydroxyl groups is 1. The van der Waals surface area contributed by atoms with E-state index >= 15 is 0 Å². The van der Waals surface area contributed by atoms with E-state index in [0.717, 1.165) is 29.7 Å². The SMILES string of the molecule is CC(CSCc1ccccc1)(CP(c1ccccc1)c1ccccc1)C(O)C1=CC=CC1. The third-order valence-corrected chi connectivity index (χ3v) is 10.3. The van der Waals surface area contributed by atoms with Crippen molar-refractivity contribution in [2.24, 2.45) is 5.41 Å². The van der Waals surface area contributed by atoms with Gasteiger partial charge in [-0.1, -0.05) is 116 Å². The van der Waals surface area contributed by atoms with Crippen molar-refractivity contribution in [1.82, 2.24) is 0 Å². The molecule has 2 atom stereocenters. The van der Waals surface area contributed by atoms with Crippen molar-refractivity contribution in [3.05, 3.63) is 120 Å². The molecule has 32 heavy (non-hydrogen) atoms. The Morgan fingerprint density at radius 2 is 1.44 bits per heavy atom. The molecule has 0 spiro atoms. The molecule has 164 valence electrons. The van der Waals surface area contributed by atoms with E-state index in [-0.39, 0.29) is 5.41 Å². The molecule has 2 unspecified atom stereocenters. The van der Waals surface area contributed by atoms with E-state index in [2.05, 4.69) is 116 Å². The van der Waals surface area contributed by atoms with Crippen LogP contribution in [0.25, 0.3) is 0 Å². The van der Waals surface area contributed by atoms with Gasteiger partial charge >= 0.3 is 0 Å². The number of allylic oxidation sites excluding steroid dienone is 3. The Hall–Kier alpha value is -2.12. The minimum atomic E-state index is -0.577. The van der Waals surface area contributed by atoms with Gasteiger partial charge in [-0.05, 0) is 42.2 Å². The van der Waals surface area contributed by atoms with Gasteiger partial charge in [-0.15, -0.1) is 0 Å². The second kappa shape index (κ2) is 11.1. The molecule has 1 nitrogen and oxygen atoms in total. The van der Waals surface area contributed by atoms with Gasteiger partial charge in [0.05, 0.1) is 6.10 Å². The van der Waals surface area contributed by atoms with Crippen LogP contribution in [0.5, 0.6) is 0 Å². The van der Waals surface area contributed by atoms with Crippen LogP contribution in [0.4, 0.5) is 0 Å². The highest BCUT2D eigenvalue weighted by atomic mass is 32.2. The van der Waals surface area contributed by atoms with Gasteiger partial charge in [0.1, 0.15) is 0 Å². The molecular weight excluding hydrogens is 427 g/mol. The molecule has 1 aliphatic carbocycles. The first-order valence-electron chi connectivity index (χ1n) is 11.2. The van der Waals surface area contributed by atoms with Gasteiger partial charge in [0, 0.05) is 16.9 Å². The summed E-state index contributed by atoms with van der Waals surface area (Å²) < 4.78 is 0. The average Bonchev–Trinajstić information content (AvgIpc) is 3.39. The van der Waals surface area contributed by atoms with E-state index in [1.165, 1.54) is 16.2 Å². The minimum Gasteiger partial charge on any atom is -0.388 e. The lowest BCUT2D eigenvalue weighted by molar-refractivity contribution is 0.0998. The predicted molar refractivity (Wildman–Crippen MR) is 142 cm³/mol. The molecule has 0 bridgehead atoms. The monoisotopic (exact) mass is 458 g/mol. The van der Waals surface area contributed by atoms with Crippen LogP contribution in [0.1, 0.15) is 18.9 Å². The van der Waals surface area contributed by atoms with Gasteiger partial charge in [0.25, 0.3) is 0 Å². The van der Waals surface area contributed by atoms with Gasteiger partial charge in [-0.2, -0.15) is 11.8 Å². The van der Waals surface area contributed by atoms with Crippen molar-refractivity contribution in [3.8, 4) is 0 Å². The van der Waals surface area contributed by atoms with E-state index in [1.54, 1.807) is 0 Å². The number of rotatable bonds is 10. The zero-order valence-electron chi connectivity index (χ0n) is 18.6. The Morgan fingerprint density at radius 3 is 1.97 bits per heavy atom. The third-order valence-electron chi connectivity index (χ3n) is 6.01. The Bertz CT molecular complexity index is 993. The van der Waals surface area contributed by atoms with Crippen LogP contribution in [0.3, 0.4) is 0 Å². The molecule has 0 amide bonds. The van der Waals surface area contributed by atoms with E-state index in [1.807, 2.05) is 11.8 Å². The van der Waals surface area contributed by atoms with Crippen LogP contribution in [-0.2, 0) is 5.75 Å². The molecule has 3 aromatic rings. The number of benzene rings is 3. The molecule has 0 aromatic heterocycles. The Morgan fingerprint density at radius 1 is 0.875 bits per heavy atom. The zero-order chi connectivity index (χ0) is 22.2. The van der Waals surface area contributed by atoms with Gasteiger partial charge in [-0.3, -0.25) is 0 Å². The molecule has 0 saturated carbocycles. The Labute approximate surface area is 198 Å². The van der Waals surface area contributed by atoms with Gasteiger partial charge in [0.2, 0.25) is 0 Å². The highest BCUT2D eigenvalue weighted by molar-refractivity contribution is 7.98. The summed E-state index contributed by atoms with van der Waals surface area (Å²) in [5.41, 5.74) is 2.25. The fourth-order valence-electron chi connectivity index (χ4n) is 4.21. The first-order chi connectivity index (χ1) is 15.7. The molecule has 1 aliphatic rings. The maximum Gasteiger partial charge on any atom is 0.0821 e. The summed E-state index contributed by atoms with van der Waals surface area (Å²) in [4.78, 5) is 0. The van der Waals surface area contributed by atoms with Crippen molar-refractivity contribution < 1.29 is 5.11 Å². The first-order valence-corrected chi connectivity index (χ1v) is 13.9. The lowest BCUT2D eigenvalue weighted by Crippen LogP contribution is -2.40. The van der Waals surface area contributed by atoms with Gasteiger partial charge < -0.3 is 5.11 Å². The molecule has 3 aromatic carbocycles. The fraction of sp³-hybridized carbons (Fsp3) is 0.241. The van der Waals surface area contributed by atoms with Crippen molar-refractivity contribution in [2.45, 2.75) is 25.2 Å². The van der Waals surface area contributed by atoms with Crippen LogP contribution in [0.2, 0.25) is 0 Å². The summed E-state index contributed by atoms with van der Waals surface area (Å²) >= 11 is 1.94. The summed E-state index contributed by atoms with van der Waals surface area (Å²) in [5, 5.41) is 14.3. The second-order valence-electron chi connectivity index (χ2n) is 8.67. The summed E-state index contributed by atoms with van der Waals surface area (Å²) in [7, 11) is -0.577. The van der Waals surface area contributed by atoms with E-state index in [4.69, 9.17) is 0 Å². The van der Waals surface area contributed by atoms with Crippen molar-refractivity contribution >= 4 is 30.3 Å². The predicted octanol–water partition coefficient (Wildman–Crippen LogP) is 6.31. The standard InChI is InChI=1S/C29H31OPS/c1-29(28(30)25-15-11-12-16-25,23-32-21-24-13-5-2-6-14-24)22-31(26-17-7-3-8-18-26)27-19-9-4-10-20-27/h2-15,17-20,28,30H,16,21-23H2,1H3. The van der Waals surface area contributed by atoms with Crippen molar-refractivity contribution in [3.63, 3.8) is 0 Å². The van der Waals surface area contributed by atoms with Crippen molar-refractivity contribution in [1.29, 1.82) is 0 Å². The van der Waals surface area contributed by atoms with Crippen LogP contribution < -0.4 is 10.6 Å². The highest BCUT2D eigenvalue weighted by Crippen LogP contribution is 2.45. The number of aliphatic hydroxyl groups excluding tert-OH is 1. The molecule has 0 fully saturated rings. The molecule has 3 heteroatoms. The third kappa shape index (κ3) is 5.81. The largest absolute Gasteiger partial charge is 0.388 e. The van der Waals surface area contributed by atoms with E-state index in [9.17, 15) is 5.11 Å². The molecule has 1 N–H and O–H groups in total. The topological polar surface area (TPSA) is 20.2 Å². The van der Waals surface area contributed by atoms with Crippen LogP contribution in [-0.4, -0.2) is 23.1 Å². The fourth-order valence-corrected chi connectivity index (χ4v) is 8.35. The summed E-state index contributed by atoms with van der Waals surface area (Å²) in [6.07, 6.45) is 7.70. The Balaban J connectivity index is 1.61. The second-order valence-corrected chi connectivity index (χ2v) is 11.9. The van der Waals surface area contributed by atoms with E-state index < -0.39 is 14.0 Å². The number of hydrogen-bond donors (Lipinski definition) is 1. The maximum absolute atomic E-state index is 11.6. The smallest absolute Gasteiger partial charge is 0.0821 e. The average molecular weight is 459 g/mol. The number of hydrogen-bond acceptors (Lipinski definition) is 2. The summed E-state index contributed by atoms with van der Waals surface area (Å²) in [6.45, 7) is 2.29. The molecule has 0 heterocycles. The highest BCUT2D eigenvalue weighted by Gasteiger charge is 2.38. The van der Waals surface area contributed by atoms with Gasteiger partial charge in [-0.25, -0.2) is 0 Å². The maximum atomic E-state index is 11.6. The molecule has 0 radical (unpaired) electrons. The van der Waals surface area contributed by atoms with E-state index in [0.29, 0.717) is 0 Å². The summed E-state index contributed by atoms with van der Waals surface area (Å²) in [5.74, 6) is 1.88. The van der Waals surface area contributed by atoms with Crippen LogP contribution in [0, 0.1) is 5.41 Å². The van der Waals surface area contributed by atoms with Crippen molar-refractivity contribution in [2.75, 3.05) is 11.9 Å². The molecular formula is C29H31OPS. The number of thioether (sulfide) groups is 1. The first kappa shape index (κ1) is 23.1. The van der Waals surface area contributed by atoms with Crippen LogP contribution in [0.15, 0.2) is 115 Å². The molecule has 4 rings (SSSR count).